The van der Waals surface area contributed by atoms with Gasteiger partial charge in [-0.05, 0) is 32.6 Å². The van der Waals surface area contributed by atoms with Crippen LogP contribution in [0.25, 0.3) is 0 Å². The third kappa shape index (κ3) is 3.80. The van der Waals surface area contributed by atoms with Gasteiger partial charge < -0.3 is 14.3 Å². The molecule has 26 heavy (non-hydrogen) atoms. The highest BCUT2D eigenvalue weighted by atomic mass is 16.5. The van der Waals surface area contributed by atoms with Crippen molar-refractivity contribution in [2.24, 2.45) is 0 Å². The Morgan fingerprint density at radius 2 is 1.77 bits per heavy atom. The topological polar surface area (TPSA) is 74.4 Å². The standard InChI is InChI=1S/C18H27N7O/c1-13-21-18(26-22-13)11-24-8-6-15(7-9-24)25(14-4-5-14)17-10-16(23(2)3)19-12-20-17/h10,12,14-15H,4-9,11H2,1-3H3. The van der Waals surface area contributed by atoms with E-state index < -0.39 is 0 Å². The predicted molar refractivity (Wildman–Crippen MR) is 99.2 cm³/mol. The van der Waals surface area contributed by atoms with Gasteiger partial charge in [0.1, 0.15) is 18.0 Å². The van der Waals surface area contributed by atoms with Crippen LogP contribution in [-0.4, -0.2) is 64.3 Å². The number of aryl methyl sites for hydroxylation is 1. The van der Waals surface area contributed by atoms with E-state index in [1.54, 1.807) is 6.33 Å². The Bertz CT molecular complexity index is 735. The minimum absolute atomic E-state index is 0.535. The molecule has 1 saturated carbocycles. The molecule has 0 spiro atoms. The zero-order chi connectivity index (χ0) is 18.1. The number of anilines is 2. The van der Waals surface area contributed by atoms with Crippen molar-refractivity contribution >= 4 is 11.6 Å². The van der Waals surface area contributed by atoms with Crippen LogP contribution in [0.3, 0.4) is 0 Å². The molecule has 2 aromatic rings. The number of likely N-dealkylation sites (tertiary alicyclic amines) is 1. The van der Waals surface area contributed by atoms with Crippen LogP contribution < -0.4 is 9.80 Å². The van der Waals surface area contributed by atoms with Crippen molar-refractivity contribution in [2.75, 3.05) is 37.0 Å². The Morgan fingerprint density at radius 3 is 2.38 bits per heavy atom. The number of nitrogens with zero attached hydrogens (tertiary/aromatic N) is 7. The van der Waals surface area contributed by atoms with E-state index in [0.29, 0.717) is 23.8 Å². The largest absolute Gasteiger partial charge is 0.363 e. The number of hydrogen-bond donors (Lipinski definition) is 0. The molecule has 0 radical (unpaired) electrons. The van der Waals surface area contributed by atoms with Gasteiger partial charge in [-0.15, -0.1) is 0 Å². The summed E-state index contributed by atoms with van der Waals surface area (Å²) in [6.07, 6.45) is 6.48. The third-order valence-electron chi connectivity index (χ3n) is 5.18. The van der Waals surface area contributed by atoms with Gasteiger partial charge in [-0.1, -0.05) is 5.16 Å². The Balaban J connectivity index is 1.42. The summed E-state index contributed by atoms with van der Waals surface area (Å²) in [6.45, 7) is 4.69. The lowest BCUT2D eigenvalue weighted by atomic mass is 10.0. The predicted octanol–water partition coefficient (Wildman–Crippen LogP) is 1.87. The first-order valence-corrected chi connectivity index (χ1v) is 9.39. The molecule has 3 heterocycles. The second kappa shape index (κ2) is 7.19. The minimum Gasteiger partial charge on any atom is -0.363 e. The van der Waals surface area contributed by atoms with Gasteiger partial charge >= 0.3 is 0 Å². The zero-order valence-electron chi connectivity index (χ0n) is 15.8. The van der Waals surface area contributed by atoms with E-state index in [9.17, 15) is 0 Å². The molecule has 0 N–H and O–H groups in total. The quantitative estimate of drug-likeness (QED) is 0.776. The first-order valence-electron chi connectivity index (χ1n) is 9.39. The minimum atomic E-state index is 0.535. The molecule has 0 amide bonds. The fraction of sp³-hybridized carbons (Fsp3) is 0.667. The van der Waals surface area contributed by atoms with Gasteiger partial charge in [-0.3, -0.25) is 4.90 Å². The molecule has 1 saturated heterocycles. The lowest BCUT2D eigenvalue weighted by Crippen LogP contribution is -2.46. The lowest BCUT2D eigenvalue weighted by molar-refractivity contribution is 0.178. The molecule has 2 aliphatic rings. The summed E-state index contributed by atoms with van der Waals surface area (Å²) >= 11 is 0. The molecule has 2 aromatic heterocycles. The molecule has 140 valence electrons. The summed E-state index contributed by atoms with van der Waals surface area (Å²) in [7, 11) is 4.04. The van der Waals surface area contributed by atoms with E-state index in [2.05, 4.69) is 36.0 Å². The highest BCUT2D eigenvalue weighted by Gasteiger charge is 2.36. The van der Waals surface area contributed by atoms with Crippen LogP contribution in [0.2, 0.25) is 0 Å². The maximum Gasteiger partial charge on any atom is 0.240 e. The Kier molecular flexibility index (Phi) is 4.76. The van der Waals surface area contributed by atoms with Crippen LogP contribution in [-0.2, 0) is 6.54 Å². The highest BCUT2D eigenvalue weighted by Crippen LogP contribution is 2.36. The Hall–Kier alpha value is -2.22. The first kappa shape index (κ1) is 17.2. The summed E-state index contributed by atoms with van der Waals surface area (Å²) in [5.74, 6) is 3.45. The zero-order valence-corrected chi connectivity index (χ0v) is 15.8. The van der Waals surface area contributed by atoms with Crippen molar-refractivity contribution < 1.29 is 4.52 Å². The summed E-state index contributed by atoms with van der Waals surface area (Å²) < 4.78 is 5.26. The molecule has 8 heteroatoms. The Labute approximate surface area is 154 Å². The molecular formula is C18H27N7O. The second-order valence-corrected chi connectivity index (χ2v) is 7.51. The van der Waals surface area contributed by atoms with Crippen LogP contribution in [0.4, 0.5) is 11.6 Å². The lowest BCUT2D eigenvalue weighted by Gasteiger charge is -2.39. The monoisotopic (exact) mass is 357 g/mol. The van der Waals surface area contributed by atoms with Gasteiger partial charge in [0, 0.05) is 45.3 Å². The van der Waals surface area contributed by atoms with Gasteiger partial charge in [-0.2, -0.15) is 4.98 Å². The molecule has 0 bridgehead atoms. The molecule has 1 aliphatic carbocycles. The summed E-state index contributed by atoms with van der Waals surface area (Å²) in [5, 5.41) is 3.88. The van der Waals surface area contributed by atoms with Crippen molar-refractivity contribution in [3.8, 4) is 0 Å². The van der Waals surface area contributed by atoms with Crippen molar-refractivity contribution in [3.05, 3.63) is 24.1 Å². The second-order valence-electron chi connectivity index (χ2n) is 7.51. The average molecular weight is 357 g/mol. The van der Waals surface area contributed by atoms with Gasteiger partial charge in [0.05, 0.1) is 6.54 Å². The summed E-state index contributed by atoms with van der Waals surface area (Å²) in [5.41, 5.74) is 0. The van der Waals surface area contributed by atoms with Crippen LogP contribution in [0.5, 0.6) is 0 Å². The number of hydrogen-bond acceptors (Lipinski definition) is 8. The fourth-order valence-electron chi connectivity index (χ4n) is 3.70. The van der Waals surface area contributed by atoms with Crippen molar-refractivity contribution in [1.29, 1.82) is 0 Å². The fourth-order valence-corrected chi connectivity index (χ4v) is 3.70. The van der Waals surface area contributed by atoms with Gasteiger partial charge in [0.25, 0.3) is 0 Å². The molecule has 0 atom stereocenters. The third-order valence-corrected chi connectivity index (χ3v) is 5.18. The van der Waals surface area contributed by atoms with Crippen LogP contribution >= 0.6 is 0 Å². The average Bonchev–Trinajstić information content (AvgIpc) is 3.39. The maximum absolute atomic E-state index is 5.26. The van der Waals surface area contributed by atoms with E-state index in [4.69, 9.17) is 4.52 Å². The van der Waals surface area contributed by atoms with Crippen molar-refractivity contribution in [3.63, 3.8) is 0 Å². The normalized spacial score (nSPS) is 18.9. The van der Waals surface area contributed by atoms with Gasteiger partial charge in [-0.25, -0.2) is 9.97 Å². The summed E-state index contributed by atoms with van der Waals surface area (Å²) in [4.78, 5) is 20.3. The Morgan fingerprint density at radius 1 is 1.08 bits per heavy atom. The van der Waals surface area contributed by atoms with Crippen LogP contribution in [0.15, 0.2) is 16.9 Å². The molecule has 4 rings (SSSR count). The van der Waals surface area contributed by atoms with Crippen molar-refractivity contribution in [1.82, 2.24) is 25.0 Å². The van der Waals surface area contributed by atoms with Gasteiger partial charge in [0.2, 0.25) is 5.89 Å². The molecule has 0 unspecified atom stereocenters. The van der Waals surface area contributed by atoms with Crippen molar-refractivity contribution in [2.45, 2.75) is 51.2 Å². The molecule has 8 nitrogen and oxygen atoms in total. The molecular weight excluding hydrogens is 330 g/mol. The maximum atomic E-state index is 5.26. The molecule has 1 aliphatic heterocycles. The van der Waals surface area contributed by atoms with E-state index in [-0.39, 0.29) is 0 Å². The number of piperidine rings is 1. The van der Waals surface area contributed by atoms with Gasteiger partial charge in [0.15, 0.2) is 5.82 Å². The van der Waals surface area contributed by atoms with E-state index >= 15 is 0 Å². The SMILES string of the molecule is Cc1noc(CN2CCC(N(c3cc(N(C)C)ncn3)C3CC3)CC2)n1. The van der Waals surface area contributed by atoms with E-state index in [1.807, 2.05) is 25.9 Å². The highest BCUT2D eigenvalue weighted by molar-refractivity contribution is 5.51. The number of rotatable bonds is 6. The van der Waals surface area contributed by atoms with E-state index in [0.717, 1.165) is 44.1 Å². The number of aromatic nitrogens is 4. The smallest absolute Gasteiger partial charge is 0.240 e. The molecule has 0 aromatic carbocycles. The van der Waals surface area contributed by atoms with Crippen LogP contribution in [0, 0.1) is 6.92 Å². The summed E-state index contributed by atoms with van der Waals surface area (Å²) in [6, 6.07) is 3.29. The molecule has 2 fully saturated rings. The van der Waals surface area contributed by atoms with E-state index in [1.165, 1.54) is 12.8 Å². The van der Waals surface area contributed by atoms with Crippen LogP contribution in [0.1, 0.15) is 37.4 Å². The first-order chi connectivity index (χ1) is 12.6.